The molecule has 3 nitrogen and oxygen atoms in total. The number of ketones is 1. The summed E-state index contributed by atoms with van der Waals surface area (Å²) in [7, 11) is 0. The minimum atomic E-state index is -0.131. The summed E-state index contributed by atoms with van der Waals surface area (Å²) >= 11 is 0. The fraction of sp³-hybridized carbons (Fsp3) is 0.818. The summed E-state index contributed by atoms with van der Waals surface area (Å²) in [6, 6.07) is 0. The second-order valence-electron chi connectivity index (χ2n) is 9.72. The molecule has 25 heavy (non-hydrogen) atoms. The van der Waals surface area contributed by atoms with Gasteiger partial charge in [0, 0.05) is 18.8 Å². The first kappa shape index (κ1) is 17.3. The predicted octanol–water partition coefficient (Wildman–Crippen LogP) is 4.70. The Labute approximate surface area is 151 Å². The van der Waals surface area contributed by atoms with Crippen molar-refractivity contribution in [3.8, 4) is 0 Å². The summed E-state index contributed by atoms with van der Waals surface area (Å²) in [6.45, 7) is 8.67. The van der Waals surface area contributed by atoms with Crippen LogP contribution >= 0.6 is 0 Å². The van der Waals surface area contributed by atoms with Gasteiger partial charge in [-0.05, 0) is 73.7 Å². The molecule has 0 bridgehead atoms. The number of rotatable bonds is 1. The lowest BCUT2D eigenvalue weighted by molar-refractivity contribution is -0.157. The zero-order chi connectivity index (χ0) is 18.0. The van der Waals surface area contributed by atoms with Gasteiger partial charge in [-0.2, -0.15) is 0 Å². The van der Waals surface area contributed by atoms with Gasteiger partial charge in [0.15, 0.2) is 5.78 Å². The van der Waals surface area contributed by atoms with Crippen LogP contribution in [-0.2, 0) is 14.3 Å². The van der Waals surface area contributed by atoms with Gasteiger partial charge in [0.1, 0.15) is 6.10 Å². The molecule has 4 aliphatic rings. The first-order valence-corrected chi connectivity index (χ1v) is 10.2. The second-order valence-corrected chi connectivity index (χ2v) is 9.72. The predicted molar refractivity (Wildman–Crippen MR) is 96.8 cm³/mol. The van der Waals surface area contributed by atoms with Crippen LogP contribution in [0.4, 0.5) is 0 Å². The quantitative estimate of drug-likeness (QED) is 0.648. The maximum Gasteiger partial charge on any atom is 0.302 e. The fourth-order valence-electron chi connectivity index (χ4n) is 7.33. The number of hydrogen-bond acceptors (Lipinski definition) is 3. The van der Waals surface area contributed by atoms with Crippen molar-refractivity contribution in [1.82, 2.24) is 0 Å². The second kappa shape index (κ2) is 5.69. The Balaban J connectivity index is 1.66. The molecule has 3 fully saturated rings. The lowest BCUT2D eigenvalue weighted by Gasteiger charge is -2.59. The molecule has 0 saturated heterocycles. The van der Waals surface area contributed by atoms with Gasteiger partial charge in [-0.25, -0.2) is 0 Å². The van der Waals surface area contributed by atoms with E-state index < -0.39 is 0 Å². The van der Waals surface area contributed by atoms with E-state index in [4.69, 9.17) is 4.74 Å². The molecule has 0 N–H and O–H groups in total. The smallest absolute Gasteiger partial charge is 0.302 e. The molecule has 0 aromatic heterocycles. The van der Waals surface area contributed by atoms with Crippen LogP contribution in [0.3, 0.4) is 0 Å². The Hall–Kier alpha value is -1.12. The summed E-state index contributed by atoms with van der Waals surface area (Å²) < 4.78 is 5.74. The maximum atomic E-state index is 12.0. The number of fused-ring (bicyclic) bond motifs is 5. The van der Waals surface area contributed by atoms with Crippen LogP contribution in [-0.4, -0.2) is 17.9 Å². The first-order chi connectivity index (χ1) is 11.8. The van der Waals surface area contributed by atoms with Crippen LogP contribution in [0.1, 0.15) is 72.6 Å². The summed E-state index contributed by atoms with van der Waals surface area (Å²) in [6.07, 6.45) is 9.62. The Kier molecular flexibility index (Phi) is 3.94. The Bertz CT molecular complexity index is 635. The molecule has 0 aromatic rings. The molecule has 3 heteroatoms. The van der Waals surface area contributed by atoms with Gasteiger partial charge in [0.25, 0.3) is 0 Å². The molecule has 0 amide bonds. The zero-order valence-electron chi connectivity index (χ0n) is 16.1. The minimum Gasteiger partial charge on any atom is -0.462 e. The van der Waals surface area contributed by atoms with Crippen LogP contribution in [0.2, 0.25) is 0 Å². The zero-order valence-corrected chi connectivity index (χ0v) is 16.1. The van der Waals surface area contributed by atoms with Crippen molar-refractivity contribution >= 4 is 11.8 Å². The van der Waals surface area contributed by atoms with Crippen molar-refractivity contribution in [3.05, 3.63) is 11.6 Å². The number of allylic oxidation sites excluding steroid dienone is 1. The summed E-state index contributed by atoms with van der Waals surface area (Å²) in [5.74, 6) is 2.77. The fourth-order valence-corrected chi connectivity index (χ4v) is 7.33. The topological polar surface area (TPSA) is 43.4 Å². The monoisotopic (exact) mass is 344 g/mol. The summed E-state index contributed by atoms with van der Waals surface area (Å²) in [5.41, 5.74) is 1.79. The third-order valence-corrected chi connectivity index (χ3v) is 8.50. The van der Waals surface area contributed by atoms with E-state index in [2.05, 4.69) is 20.8 Å². The molecule has 0 radical (unpaired) electrons. The third kappa shape index (κ3) is 2.44. The van der Waals surface area contributed by atoms with Crippen LogP contribution in [0.25, 0.3) is 0 Å². The highest BCUT2D eigenvalue weighted by Crippen LogP contribution is 2.66. The molecule has 7 atom stereocenters. The van der Waals surface area contributed by atoms with Gasteiger partial charge in [-0.3, -0.25) is 9.59 Å². The number of carbonyl (C=O) groups is 2. The molecule has 4 rings (SSSR count). The highest BCUT2D eigenvalue weighted by Gasteiger charge is 2.60. The van der Waals surface area contributed by atoms with E-state index in [1.165, 1.54) is 24.8 Å². The van der Waals surface area contributed by atoms with Gasteiger partial charge in [-0.15, -0.1) is 0 Å². The molecule has 0 heterocycles. The SMILES string of the molecule is CC(=O)OC1CC[C@H]2[C@@H]3CC(C)C4=CC(=O)CC[C@]4(C)[C@H]3CC[C@]12C. The highest BCUT2D eigenvalue weighted by molar-refractivity contribution is 5.91. The van der Waals surface area contributed by atoms with Crippen molar-refractivity contribution < 1.29 is 14.3 Å². The maximum absolute atomic E-state index is 12.0. The molecule has 0 aromatic carbocycles. The van der Waals surface area contributed by atoms with E-state index in [9.17, 15) is 9.59 Å². The number of hydrogen-bond donors (Lipinski definition) is 0. The highest BCUT2D eigenvalue weighted by atomic mass is 16.5. The van der Waals surface area contributed by atoms with Crippen molar-refractivity contribution in [2.45, 2.75) is 78.7 Å². The molecule has 4 aliphatic carbocycles. The Morgan fingerprint density at radius 1 is 1.16 bits per heavy atom. The molecule has 3 saturated carbocycles. The van der Waals surface area contributed by atoms with E-state index in [-0.39, 0.29) is 22.9 Å². The normalized spacial score (nSPS) is 48.9. The van der Waals surface area contributed by atoms with E-state index in [0.717, 1.165) is 19.3 Å². The first-order valence-electron chi connectivity index (χ1n) is 10.2. The van der Waals surface area contributed by atoms with E-state index in [1.807, 2.05) is 6.08 Å². The van der Waals surface area contributed by atoms with Crippen molar-refractivity contribution in [3.63, 3.8) is 0 Å². The van der Waals surface area contributed by atoms with Gasteiger partial charge in [0.05, 0.1) is 0 Å². The van der Waals surface area contributed by atoms with E-state index >= 15 is 0 Å². The van der Waals surface area contributed by atoms with Crippen LogP contribution in [0.15, 0.2) is 11.6 Å². The van der Waals surface area contributed by atoms with E-state index in [1.54, 1.807) is 6.92 Å². The minimum absolute atomic E-state index is 0.101. The number of carbonyl (C=O) groups excluding carboxylic acids is 2. The molecule has 0 spiro atoms. The largest absolute Gasteiger partial charge is 0.462 e. The van der Waals surface area contributed by atoms with Crippen molar-refractivity contribution in [2.75, 3.05) is 0 Å². The average Bonchev–Trinajstić information content (AvgIpc) is 2.86. The van der Waals surface area contributed by atoms with Crippen LogP contribution in [0, 0.1) is 34.5 Å². The van der Waals surface area contributed by atoms with Gasteiger partial charge >= 0.3 is 5.97 Å². The van der Waals surface area contributed by atoms with Gasteiger partial charge in [-0.1, -0.05) is 26.3 Å². The Morgan fingerprint density at radius 3 is 2.64 bits per heavy atom. The van der Waals surface area contributed by atoms with Gasteiger partial charge in [0.2, 0.25) is 0 Å². The Morgan fingerprint density at radius 2 is 1.92 bits per heavy atom. The van der Waals surface area contributed by atoms with Crippen LogP contribution < -0.4 is 0 Å². The number of ether oxygens (including phenoxy) is 1. The molecular formula is C22H32O3. The lowest BCUT2D eigenvalue weighted by Crippen LogP contribution is -2.53. The van der Waals surface area contributed by atoms with Crippen LogP contribution in [0.5, 0.6) is 0 Å². The molecule has 2 unspecified atom stereocenters. The van der Waals surface area contributed by atoms with Crippen molar-refractivity contribution in [2.24, 2.45) is 34.5 Å². The molecule has 0 aliphatic heterocycles. The summed E-state index contributed by atoms with van der Waals surface area (Å²) in [4.78, 5) is 23.6. The average molecular weight is 344 g/mol. The number of esters is 1. The molecule has 138 valence electrons. The lowest BCUT2D eigenvalue weighted by atomic mass is 9.45. The summed E-state index contributed by atoms with van der Waals surface area (Å²) in [5, 5.41) is 0. The third-order valence-electron chi connectivity index (χ3n) is 8.50. The standard InChI is InChI=1S/C22H32O3/c1-13-11-16-17-5-6-20(25-14(2)23)22(17,4)10-8-18(16)21(3)9-7-15(24)12-19(13)21/h12-13,16-18,20H,5-11H2,1-4H3/t13?,16-,17-,18-,20?,21+,22-/m0/s1. The van der Waals surface area contributed by atoms with Crippen molar-refractivity contribution in [1.29, 1.82) is 0 Å². The molecular weight excluding hydrogens is 312 g/mol. The van der Waals surface area contributed by atoms with E-state index in [0.29, 0.717) is 35.9 Å². The van der Waals surface area contributed by atoms with Gasteiger partial charge < -0.3 is 4.74 Å².